The van der Waals surface area contributed by atoms with E-state index in [1.54, 1.807) is 6.20 Å². The van der Waals surface area contributed by atoms with Crippen molar-refractivity contribution in [3.63, 3.8) is 0 Å². The molecule has 0 unspecified atom stereocenters. The number of carbonyl (C=O) groups excluding carboxylic acids is 1. The predicted molar refractivity (Wildman–Crippen MR) is 79.5 cm³/mol. The highest BCUT2D eigenvalue weighted by atomic mass is 19.4. The number of ether oxygens (including phenoxy) is 1. The number of carbonyl (C=O) groups is 1. The van der Waals surface area contributed by atoms with Crippen LogP contribution in [0.1, 0.15) is 34.5 Å². The summed E-state index contributed by atoms with van der Waals surface area (Å²) in [5.74, 6) is -0.714. The summed E-state index contributed by atoms with van der Waals surface area (Å²) in [5.41, 5.74) is 2.38. The zero-order valence-electron chi connectivity index (χ0n) is 12.8. The fraction of sp³-hybridized carbons (Fsp3) is 0.375. The van der Waals surface area contributed by atoms with Gasteiger partial charge < -0.3 is 10.1 Å². The second kappa shape index (κ2) is 6.54. The molecule has 24 heavy (non-hydrogen) atoms. The molecule has 2 heterocycles. The third-order valence-electron chi connectivity index (χ3n) is 3.86. The van der Waals surface area contributed by atoms with Crippen LogP contribution in [0.25, 0.3) is 0 Å². The van der Waals surface area contributed by atoms with Gasteiger partial charge in [0.15, 0.2) is 0 Å². The van der Waals surface area contributed by atoms with Crippen LogP contribution < -0.4 is 10.1 Å². The standard InChI is InChI=1S/C16H16F3N3O2/c17-16(18,19)24-13-6-4-11(5-7-13)15(23)20-9-12-10-21-22-8-2-1-3-14(12)22/h4-7,10H,1-3,8-9H2,(H,20,23). The highest BCUT2D eigenvalue weighted by Crippen LogP contribution is 2.23. The second-order valence-corrected chi connectivity index (χ2v) is 5.55. The maximum atomic E-state index is 12.1. The average molecular weight is 339 g/mol. The minimum absolute atomic E-state index is 0.269. The number of hydrogen-bond acceptors (Lipinski definition) is 3. The number of nitrogens with zero attached hydrogens (tertiary/aromatic N) is 2. The number of fused-ring (bicyclic) bond motifs is 1. The lowest BCUT2D eigenvalue weighted by Crippen LogP contribution is -2.24. The molecule has 0 radical (unpaired) electrons. The van der Waals surface area contributed by atoms with Gasteiger partial charge in [0, 0.05) is 29.9 Å². The molecule has 3 rings (SSSR count). The smallest absolute Gasteiger partial charge is 0.406 e. The van der Waals surface area contributed by atoms with Crippen LogP contribution in [0.2, 0.25) is 0 Å². The zero-order chi connectivity index (χ0) is 17.2. The zero-order valence-corrected chi connectivity index (χ0v) is 12.8. The number of aryl methyl sites for hydroxylation is 1. The molecule has 0 fully saturated rings. The van der Waals surface area contributed by atoms with Gasteiger partial charge in [-0.05, 0) is 43.5 Å². The summed E-state index contributed by atoms with van der Waals surface area (Å²) in [6, 6.07) is 4.82. The van der Waals surface area contributed by atoms with Crippen molar-refractivity contribution >= 4 is 5.91 Å². The Morgan fingerprint density at radius 3 is 2.71 bits per heavy atom. The Hall–Kier alpha value is -2.51. The highest BCUT2D eigenvalue weighted by Gasteiger charge is 2.31. The Balaban J connectivity index is 1.60. The lowest BCUT2D eigenvalue weighted by molar-refractivity contribution is -0.274. The van der Waals surface area contributed by atoms with Crippen molar-refractivity contribution in [2.45, 2.75) is 38.7 Å². The van der Waals surface area contributed by atoms with Crippen LogP contribution in [0.5, 0.6) is 5.75 Å². The number of nitrogens with one attached hydrogen (secondary N) is 1. The molecular weight excluding hydrogens is 323 g/mol. The van der Waals surface area contributed by atoms with Crippen LogP contribution in [0.15, 0.2) is 30.5 Å². The normalized spacial score (nSPS) is 14.1. The number of hydrogen-bond donors (Lipinski definition) is 1. The molecule has 1 aliphatic heterocycles. The molecule has 5 nitrogen and oxygen atoms in total. The summed E-state index contributed by atoms with van der Waals surface area (Å²) >= 11 is 0. The Morgan fingerprint density at radius 1 is 1.25 bits per heavy atom. The quantitative estimate of drug-likeness (QED) is 0.931. The van der Waals surface area contributed by atoms with Crippen molar-refractivity contribution in [3.8, 4) is 5.75 Å². The third-order valence-corrected chi connectivity index (χ3v) is 3.86. The molecule has 8 heteroatoms. The summed E-state index contributed by atoms with van der Waals surface area (Å²) in [6.07, 6.45) is 0.154. The molecule has 0 saturated heterocycles. The number of benzene rings is 1. The van der Waals surface area contributed by atoms with Crippen molar-refractivity contribution < 1.29 is 22.7 Å². The first-order chi connectivity index (χ1) is 11.4. The summed E-state index contributed by atoms with van der Waals surface area (Å²) in [6.45, 7) is 1.24. The van der Waals surface area contributed by atoms with Gasteiger partial charge in [-0.1, -0.05) is 0 Å². The van der Waals surface area contributed by atoms with Gasteiger partial charge in [0.25, 0.3) is 5.91 Å². The molecule has 0 bridgehead atoms. The van der Waals surface area contributed by atoms with E-state index in [-0.39, 0.29) is 17.2 Å². The van der Waals surface area contributed by atoms with Gasteiger partial charge in [-0.2, -0.15) is 5.10 Å². The topological polar surface area (TPSA) is 56.2 Å². The van der Waals surface area contributed by atoms with Crippen molar-refractivity contribution in [2.75, 3.05) is 0 Å². The van der Waals surface area contributed by atoms with Gasteiger partial charge in [-0.15, -0.1) is 13.2 Å². The van der Waals surface area contributed by atoms with E-state index in [0.29, 0.717) is 6.54 Å². The molecule has 0 saturated carbocycles. The molecule has 1 amide bonds. The van der Waals surface area contributed by atoms with E-state index in [1.807, 2.05) is 4.68 Å². The molecule has 0 aliphatic carbocycles. The minimum Gasteiger partial charge on any atom is -0.406 e. The summed E-state index contributed by atoms with van der Waals surface area (Å²) < 4.78 is 42.0. The van der Waals surface area contributed by atoms with Crippen molar-refractivity contribution in [1.82, 2.24) is 15.1 Å². The van der Waals surface area contributed by atoms with Crippen LogP contribution in [0.3, 0.4) is 0 Å². The van der Waals surface area contributed by atoms with E-state index in [9.17, 15) is 18.0 Å². The SMILES string of the molecule is O=C(NCc1cnn2c1CCCC2)c1ccc(OC(F)(F)F)cc1. The van der Waals surface area contributed by atoms with E-state index >= 15 is 0 Å². The van der Waals surface area contributed by atoms with E-state index in [4.69, 9.17) is 0 Å². The van der Waals surface area contributed by atoms with Gasteiger partial charge in [-0.3, -0.25) is 9.48 Å². The lowest BCUT2D eigenvalue weighted by atomic mass is 10.1. The minimum atomic E-state index is -4.74. The van der Waals surface area contributed by atoms with E-state index in [2.05, 4.69) is 15.2 Å². The summed E-state index contributed by atoms with van der Waals surface area (Å²) in [4.78, 5) is 12.1. The van der Waals surface area contributed by atoms with E-state index in [0.717, 1.165) is 49.2 Å². The van der Waals surface area contributed by atoms with E-state index < -0.39 is 6.36 Å². The third kappa shape index (κ3) is 3.87. The first kappa shape index (κ1) is 16.4. The molecule has 1 aliphatic rings. The summed E-state index contributed by atoms with van der Waals surface area (Å²) in [7, 11) is 0. The molecule has 2 aromatic rings. The number of alkyl halides is 3. The molecule has 1 aromatic carbocycles. The molecule has 1 N–H and O–H groups in total. The maximum absolute atomic E-state index is 12.1. The second-order valence-electron chi connectivity index (χ2n) is 5.55. The number of aromatic nitrogens is 2. The van der Waals surface area contributed by atoms with Gasteiger partial charge in [0.05, 0.1) is 6.20 Å². The van der Waals surface area contributed by atoms with E-state index in [1.165, 1.54) is 12.1 Å². The van der Waals surface area contributed by atoms with Crippen LogP contribution in [0.4, 0.5) is 13.2 Å². The Labute approximate surface area is 136 Å². The largest absolute Gasteiger partial charge is 0.573 e. The first-order valence-corrected chi connectivity index (χ1v) is 7.60. The predicted octanol–water partition coefficient (Wildman–Crippen LogP) is 3.05. The first-order valence-electron chi connectivity index (χ1n) is 7.60. The molecule has 1 aromatic heterocycles. The fourth-order valence-corrected chi connectivity index (χ4v) is 2.72. The van der Waals surface area contributed by atoms with Crippen LogP contribution in [-0.4, -0.2) is 22.1 Å². The Kier molecular flexibility index (Phi) is 4.46. The lowest BCUT2D eigenvalue weighted by Gasteiger charge is -2.15. The van der Waals surface area contributed by atoms with Gasteiger partial charge in [-0.25, -0.2) is 0 Å². The average Bonchev–Trinajstić information content (AvgIpc) is 2.95. The van der Waals surface area contributed by atoms with Crippen LogP contribution >= 0.6 is 0 Å². The Bertz CT molecular complexity index is 723. The highest BCUT2D eigenvalue weighted by molar-refractivity contribution is 5.94. The van der Waals surface area contributed by atoms with Crippen LogP contribution in [0, 0.1) is 0 Å². The number of rotatable bonds is 4. The Morgan fingerprint density at radius 2 is 2.00 bits per heavy atom. The summed E-state index contributed by atoms with van der Waals surface area (Å²) in [5, 5.41) is 7.06. The van der Waals surface area contributed by atoms with Crippen molar-refractivity contribution in [2.24, 2.45) is 0 Å². The van der Waals surface area contributed by atoms with Crippen molar-refractivity contribution in [3.05, 3.63) is 47.3 Å². The van der Waals surface area contributed by atoms with Gasteiger partial charge in [0.2, 0.25) is 0 Å². The monoisotopic (exact) mass is 339 g/mol. The van der Waals surface area contributed by atoms with Gasteiger partial charge >= 0.3 is 6.36 Å². The fourth-order valence-electron chi connectivity index (χ4n) is 2.72. The number of halogens is 3. The molecule has 0 atom stereocenters. The van der Waals surface area contributed by atoms with Crippen LogP contribution in [-0.2, 0) is 19.5 Å². The maximum Gasteiger partial charge on any atom is 0.573 e. The molecular formula is C16H16F3N3O2. The molecule has 0 spiro atoms. The van der Waals surface area contributed by atoms with Gasteiger partial charge in [0.1, 0.15) is 5.75 Å². The number of amides is 1. The van der Waals surface area contributed by atoms with Crippen molar-refractivity contribution in [1.29, 1.82) is 0 Å². The molecule has 128 valence electrons.